The summed E-state index contributed by atoms with van der Waals surface area (Å²) in [6, 6.07) is 0.972. The fourth-order valence-electron chi connectivity index (χ4n) is 1.93. The molecule has 0 spiro atoms. The molecule has 1 atom stereocenters. The van der Waals surface area contributed by atoms with Crippen molar-refractivity contribution in [3.8, 4) is 0 Å². The van der Waals surface area contributed by atoms with Crippen LogP contribution in [0.2, 0.25) is 12.6 Å². The summed E-state index contributed by atoms with van der Waals surface area (Å²) in [5.41, 5.74) is 0.0171. The van der Waals surface area contributed by atoms with Crippen molar-refractivity contribution >= 4 is 8.56 Å². The third-order valence-corrected chi connectivity index (χ3v) is 6.75. The smallest absolute Gasteiger partial charge is 0.334 e. The molecular weight excluding hydrogens is 236 g/mol. The van der Waals surface area contributed by atoms with Gasteiger partial charge in [0.05, 0.1) is 18.8 Å². The fraction of sp³-hybridized carbons (Fsp3) is 1.00. The van der Waals surface area contributed by atoms with Crippen LogP contribution in [0.15, 0.2) is 0 Å². The number of rotatable bonds is 9. The molecule has 4 nitrogen and oxygen atoms in total. The lowest BCUT2D eigenvalue weighted by molar-refractivity contribution is -0.182. The van der Waals surface area contributed by atoms with E-state index in [0.717, 1.165) is 45.1 Å². The maximum atomic E-state index is 5.70. The van der Waals surface area contributed by atoms with E-state index < -0.39 is 8.56 Å². The van der Waals surface area contributed by atoms with Crippen LogP contribution in [0.25, 0.3) is 0 Å². The Bertz CT molecular complexity index is 194. The normalized spacial score (nSPS) is 24.7. The molecule has 1 aliphatic heterocycles. The molecular formula is C12H26O4Si. The van der Waals surface area contributed by atoms with Crippen molar-refractivity contribution in [2.45, 2.75) is 44.4 Å². The molecule has 0 bridgehead atoms. The van der Waals surface area contributed by atoms with E-state index in [-0.39, 0.29) is 5.60 Å². The predicted molar refractivity (Wildman–Crippen MR) is 69.5 cm³/mol. The summed E-state index contributed by atoms with van der Waals surface area (Å²) in [5.74, 6) is 0. The molecule has 1 fully saturated rings. The van der Waals surface area contributed by atoms with Crippen molar-refractivity contribution in [1.82, 2.24) is 0 Å². The van der Waals surface area contributed by atoms with Crippen LogP contribution in [0.4, 0.5) is 0 Å². The molecule has 0 N–H and O–H groups in total. The van der Waals surface area contributed by atoms with Crippen LogP contribution in [0, 0.1) is 0 Å². The standard InChI is InChI=1S/C12H26O4Si/c1-5-12(7-9-16-12)11-15-8-6-10-17(4,13-2)14-3/h5-11H2,1-4H3. The predicted octanol–water partition coefficient (Wildman–Crippen LogP) is 2.33. The maximum absolute atomic E-state index is 5.70. The molecule has 5 heteroatoms. The van der Waals surface area contributed by atoms with E-state index in [4.69, 9.17) is 18.3 Å². The SMILES string of the molecule is CCC1(COCCC[Si](C)(OC)OC)CCO1. The zero-order chi connectivity index (χ0) is 12.8. The molecule has 0 aromatic carbocycles. The minimum absolute atomic E-state index is 0.0171. The van der Waals surface area contributed by atoms with Gasteiger partial charge in [-0.15, -0.1) is 0 Å². The van der Waals surface area contributed by atoms with Gasteiger partial charge in [-0.1, -0.05) is 6.92 Å². The van der Waals surface area contributed by atoms with E-state index >= 15 is 0 Å². The second kappa shape index (κ2) is 6.85. The Labute approximate surface area is 106 Å². The Hall–Kier alpha value is 0.0569. The van der Waals surface area contributed by atoms with Gasteiger partial charge in [0.1, 0.15) is 0 Å². The Morgan fingerprint density at radius 2 is 1.94 bits per heavy atom. The van der Waals surface area contributed by atoms with Crippen LogP contribution >= 0.6 is 0 Å². The van der Waals surface area contributed by atoms with Gasteiger partial charge in [-0.05, 0) is 25.4 Å². The van der Waals surface area contributed by atoms with Crippen molar-refractivity contribution in [3.05, 3.63) is 0 Å². The minimum Gasteiger partial charge on any atom is -0.398 e. The van der Waals surface area contributed by atoms with Crippen LogP contribution in [-0.2, 0) is 18.3 Å². The van der Waals surface area contributed by atoms with Gasteiger partial charge in [0.2, 0.25) is 0 Å². The summed E-state index contributed by atoms with van der Waals surface area (Å²) in [6.45, 7) is 6.61. The molecule has 0 amide bonds. The highest BCUT2D eigenvalue weighted by Gasteiger charge is 2.36. The van der Waals surface area contributed by atoms with Gasteiger partial charge in [-0.25, -0.2) is 0 Å². The first-order chi connectivity index (χ1) is 8.10. The van der Waals surface area contributed by atoms with E-state index in [1.165, 1.54) is 0 Å². The number of hydrogen-bond donors (Lipinski definition) is 0. The van der Waals surface area contributed by atoms with E-state index in [2.05, 4.69) is 13.5 Å². The highest BCUT2D eigenvalue weighted by Crippen LogP contribution is 2.30. The van der Waals surface area contributed by atoms with Gasteiger partial charge in [0.15, 0.2) is 0 Å². The highest BCUT2D eigenvalue weighted by molar-refractivity contribution is 6.65. The summed E-state index contributed by atoms with van der Waals surface area (Å²) >= 11 is 0. The van der Waals surface area contributed by atoms with E-state index in [9.17, 15) is 0 Å². The summed E-state index contributed by atoms with van der Waals surface area (Å²) in [5, 5.41) is 0. The van der Waals surface area contributed by atoms with E-state index in [1.54, 1.807) is 14.2 Å². The topological polar surface area (TPSA) is 36.9 Å². The molecule has 1 heterocycles. The van der Waals surface area contributed by atoms with Gasteiger partial charge in [-0.2, -0.15) is 0 Å². The van der Waals surface area contributed by atoms with Gasteiger partial charge >= 0.3 is 8.56 Å². The van der Waals surface area contributed by atoms with Crippen LogP contribution in [0.3, 0.4) is 0 Å². The molecule has 0 aliphatic carbocycles. The average molecular weight is 262 g/mol. The molecule has 0 radical (unpaired) electrons. The van der Waals surface area contributed by atoms with Crippen LogP contribution in [-0.4, -0.2) is 48.2 Å². The Morgan fingerprint density at radius 1 is 1.29 bits per heavy atom. The Morgan fingerprint density at radius 3 is 2.35 bits per heavy atom. The van der Waals surface area contributed by atoms with E-state index in [0.29, 0.717) is 0 Å². The first kappa shape index (κ1) is 15.1. The fourth-order valence-corrected chi connectivity index (χ4v) is 3.29. The molecule has 0 aromatic rings. The molecule has 0 saturated carbocycles. The third kappa shape index (κ3) is 4.33. The van der Waals surface area contributed by atoms with Gasteiger partial charge in [0.25, 0.3) is 0 Å². The van der Waals surface area contributed by atoms with Crippen molar-refractivity contribution < 1.29 is 18.3 Å². The second-order valence-electron chi connectivity index (χ2n) is 4.83. The van der Waals surface area contributed by atoms with Crippen molar-refractivity contribution in [2.75, 3.05) is 34.0 Å². The molecule has 1 aliphatic rings. The second-order valence-corrected chi connectivity index (χ2v) is 8.42. The summed E-state index contributed by atoms with van der Waals surface area (Å²) in [7, 11) is 1.55. The zero-order valence-electron chi connectivity index (χ0n) is 11.6. The first-order valence-corrected chi connectivity index (χ1v) is 8.94. The van der Waals surface area contributed by atoms with Crippen molar-refractivity contribution in [2.24, 2.45) is 0 Å². The van der Waals surface area contributed by atoms with Crippen LogP contribution < -0.4 is 0 Å². The lowest BCUT2D eigenvalue weighted by atomic mass is 9.93. The quantitative estimate of drug-likeness (QED) is 0.472. The first-order valence-electron chi connectivity index (χ1n) is 6.42. The maximum Gasteiger partial charge on any atom is 0.334 e. The van der Waals surface area contributed by atoms with Gasteiger partial charge in [-0.3, -0.25) is 0 Å². The lowest BCUT2D eigenvalue weighted by Crippen LogP contribution is -2.47. The monoisotopic (exact) mass is 262 g/mol. The molecule has 17 heavy (non-hydrogen) atoms. The van der Waals surface area contributed by atoms with Crippen molar-refractivity contribution in [1.29, 1.82) is 0 Å². The molecule has 1 unspecified atom stereocenters. The Kier molecular flexibility index (Phi) is 6.09. The Balaban J connectivity index is 2.08. The largest absolute Gasteiger partial charge is 0.398 e. The molecule has 0 aromatic heterocycles. The van der Waals surface area contributed by atoms with Gasteiger partial charge in [0, 0.05) is 27.2 Å². The molecule has 1 rings (SSSR count). The van der Waals surface area contributed by atoms with Crippen molar-refractivity contribution in [3.63, 3.8) is 0 Å². The summed E-state index contributed by atoms with van der Waals surface area (Å²) < 4.78 is 22.1. The minimum atomic E-state index is -1.91. The average Bonchev–Trinajstić information content (AvgIpc) is 2.31. The summed E-state index contributed by atoms with van der Waals surface area (Å²) in [4.78, 5) is 0. The van der Waals surface area contributed by atoms with E-state index in [1.807, 2.05) is 0 Å². The van der Waals surface area contributed by atoms with Crippen LogP contribution in [0.5, 0.6) is 0 Å². The van der Waals surface area contributed by atoms with Gasteiger partial charge < -0.3 is 18.3 Å². The summed E-state index contributed by atoms with van der Waals surface area (Å²) in [6.07, 6.45) is 3.16. The number of hydrogen-bond acceptors (Lipinski definition) is 4. The highest BCUT2D eigenvalue weighted by atomic mass is 28.4. The number of ether oxygens (including phenoxy) is 2. The molecule has 1 saturated heterocycles. The third-order valence-electron chi connectivity index (χ3n) is 3.76. The van der Waals surface area contributed by atoms with Crippen LogP contribution in [0.1, 0.15) is 26.2 Å². The lowest BCUT2D eigenvalue weighted by Gasteiger charge is -2.41. The zero-order valence-corrected chi connectivity index (χ0v) is 12.6. The molecule has 102 valence electrons.